The van der Waals surface area contributed by atoms with Gasteiger partial charge in [-0.2, -0.15) is 18.3 Å². The molecule has 0 aliphatic carbocycles. The lowest BCUT2D eigenvalue weighted by molar-refractivity contribution is -0.137. The van der Waals surface area contributed by atoms with Crippen molar-refractivity contribution in [3.63, 3.8) is 0 Å². The highest BCUT2D eigenvalue weighted by Crippen LogP contribution is 2.33. The molecule has 1 aromatic heterocycles. The molecular formula is C18H14F4N4O2. The number of hydrogen-bond acceptors (Lipinski definition) is 4. The number of alkyl halides is 3. The predicted octanol–water partition coefficient (Wildman–Crippen LogP) is 3.83. The molecule has 3 aromatic rings. The van der Waals surface area contributed by atoms with Crippen LogP contribution in [0.1, 0.15) is 12.5 Å². The van der Waals surface area contributed by atoms with E-state index in [9.17, 15) is 22.4 Å². The smallest absolute Gasteiger partial charge is 0.416 e. The van der Waals surface area contributed by atoms with Gasteiger partial charge in [0.05, 0.1) is 16.9 Å². The van der Waals surface area contributed by atoms with E-state index in [4.69, 9.17) is 4.74 Å². The first-order valence-corrected chi connectivity index (χ1v) is 8.03. The minimum atomic E-state index is -4.59. The van der Waals surface area contributed by atoms with Gasteiger partial charge in [0.15, 0.2) is 6.10 Å². The number of aromatic nitrogens is 3. The first-order valence-electron chi connectivity index (χ1n) is 8.03. The molecule has 0 fully saturated rings. The van der Waals surface area contributed by atoms with Gasteiger partial charge in [0.2, 0.25) is 0 Å². The van der Waals surface area contributed by atoms with E-state index in [1.165, 1.54) is 42.5 Å². The summed E-state index contributed by atoms with van der Waals surface area (Å²) in [6.45, 7) is 1.42. The minimum absolute atomic E-state index is 0.111. The standard InChI is InChI=1S/C18H14F4N4O2/c1-11(28-14-5-3-13(19)4-6-14)17(27)25-15-8-12(18(20,21)22)2-7-16(15)26-10-23-9-24-26/h2-11H,1H3,(H,25,27)/t11-/m1/s1. The molecule has 0 aliphatic rings. The van der Waals surface area contributed by atoms with Crippen molar-refractivity contribution in [3.05, 3.63) is 66.5 Å². The van der Waals surface area contributed by atoms with Crippen molar-refractivity contribution in [3.8, 4) is 11.4 Å². The summed E-state index contributed by atoms with van der Waals surface area (Å²) < 4.78 is 58.7. The summed E-state index contributed by atoms with van der Waals surface area (Å²) in [4.78, 5) is 16.2. The molecule has 0 radical (unpaired) electrons. The number of hydrogen-bond donors (Lipinski definition) is 1. The van der Waals surface area contributed by atoms with Crippen molar-refractivity contribution >= 4 is 11.6 Å². The van der Waals surface area contributed by atoms with Crippen molar-refractivity contribution in [2.45, 2.75) is 19.2 Å². The third-order valence-corrected chi connectivity index (χ3v) is 3.74. The van der Waals surface area contributed by atoms with Gasteiger partial charge in [0, 0.05) is 0 Å². The molecule has 0 saturated heterocycles. The third kappa shape index (κ3) is 4.45. The van der Waals surface area contributed by atoms with Gasteiger partial charge in [-0.1, -0.05) is 0 Å². The van der Waals surface area contributed by atoms with Crippen LogP contribution >= 0.6 is 0 Å². The molecule has 1 atom stereocenters. The van der Waals surface area contributed by atoms with Crippen LogP contribution in [0.15, 0.2) is 55.1 Å². The fraction of sp³-hybridized carbons (Fsp3) is 0.167. The van der Waals surface area contributed by atoms with Gasteiger partial charge in [0.1, 0.15) is 24.2 Å². The molecule has 0 aliphatic heterocycles. The van der Waals surface area contributed by atoms with Gasteiger partial charge in [-0.3, -0.25) is 4.79 Å². The van der Waals surface area contributed by atoms with Crippen LogP contribution in [0.4, 0.5) is 23.2 Å². The number of benzene rings is 2. The molecule has 6 nitrogen and oxygen atoms in total. The number of halogens is 4. The normalized spacial score (nSPS) is 12.5. The number of nitrogens with one attached hydrogen (secondary N) is 1. The Labute approximate surface area is 156 Å². The van der Waals surface area contributed by atoms with E-state index in [0.717, 1.165) is 24.3 Å². The molecule has 0 saturated carbocycles. The third-order valence-electron chi connectivity index (χ3n) is 3.74. The van der Waals surface area contributed by atoms with E-state index >= 15 is 0 Å². The van der Waals surface area contributed by atoms with E-state index in [1.54, 1.807) is 0 Å². The molecule has 3 rings (SSSR count). The largest absolute Gasteiger partial charge is 0.481 e. The summed E-state index contributed by atoms with van der Waals surface area (Å²) in [5, 5.41) is 6.29. The molecular weight excluding hydrogens is 380 g/mol. The molecule has 146 valence electrons. The molecule has 1 N–H and O–H groups in total. The van der Waals surface area contributed by atoms with Crippen LogP contribution < -0.4 is 10.1 Å². The molecule has 10 heteroatoms. The zero-order valence-electron chi connectivity index (χ0n) is 14.4. The lowest BCUT2D eigenvalue weighted by atomic mass is 10.1. The lowest BCUT2D eigenvalue weighted by Gasteiger charge is -2.18. The van der Waals surface area contributed by atoms with Crippen LogP contribution in [-0.2, 0) is 11.0 Å². The van der Waals surface area contributed by atoms with Crippen molar-refractivity contribution in [2.24, 2.45) is 0 Å². The van der Waals surface area contributed by atoms with Crippen LogP contribution in [0.2, 0.25) is 0 Å². The van der Waals surface area contributed by atoms with Gasteiger partial charge >= 0.3 is 6.18 Å². The van der Waals surface area contributed by atoms with Crippen LogP contribution in [0.3, 0.4) is 0 Å². The number of ether oxygens (including phenoxy) is 1. The number of carbonyl (C=O) groups excluding carboxylic acids is 1. The Hall–Kier alpha value is -3.43. The first kappa shape index (κ1) is 19.3. The van der Waals surface area contributed by atoms with Gasteiger partial charge in [-0.05, 0) is 49.4 Å². The van der Waals surface area contributed by atoms with E-state index in [-0.39, 0.29) is 17.1 Å². The van der Waals surface area contributed by atoms with Crippen LogP contribution in [0.5, 0.6) is 5.75 Å². The van der Waals surface area contributed by atoms with Crippen molar-refractivity contribution in [1.82, 2.24) is 14.8 Å². The summed E-state index contributed by atoms with van der Waals surface area (Å²) in [6, 6.07) is 7.86. The maximum Gasteiger partial charge on any atom is 0.416 e. The topological polar surface area (TPSA) is 69.0 Å². The first-order chi connectivity index (χ1) is 13.2. The van der Waals surface area contributed by atoms with Gasteiger partial charge in [-0.15, -0.1) is 0 Å². The Bertz CT molecular complexity index is 957. The van der Waals surface area contributed by atoms with Crippen molar-refractivity contribution < 1.29 is 27.1 Å². The molecule has 1 amide bonds. The summed E-state index contributed by atoms with van der Waals surface area (Å²) >= 11 is 0. The van der Waals surface area contributed by atoms with E-state index in [2.05, 4.69) is 15.4 Å². The maximum absolute atomic E-state index is 13.1. The second-order valence-electron chi connectivity index (χ2n) is 5.77. The van der Waals surface area contributed by atoms with E-state index < -0.39 is 29.6 Å². The predicted molar refractivity (Wildman–Crippen MR) is 91.5 cm³/mol. The molecule has 28 heavy (non-hydrogen) atoms. The highest BCUT2D eigenvalue weighted by molar-refractivity contribution is 5.96. The quantitative estimate of drug-likeness (QED) is 0.668. The van der Waals surface area contributed by atoms with Gasteiger partial charge in [0.25, 0.3) is 5.91 Å². The SMILES string of the molecule is C[C@@H](Oc1ccc(F)cc1)C(=O)Nc1cc(C(F)(F)F)ccc1-n1cncn1. The Balaban J connectivity index is 1.84. The number of carbonyl (C=O) groups is 1. The Kier molecular flexibility index (Phi) is 5.30. The second kappa shape index (κ2) is 7.67. The van der Waals surface area contributed by atoms with Crippen molar-refractivity contribution in [2.75, 3.05) is 5.32 Å². The molecule has 0 unspecified atom stereocenters. The summed E-state index contributed by atoms with van der Waals surface area (Å²) in [5.41, 5.74) is -0.841. The number of amides is 1. The van der Waals surface area contributed by atoms with E-state index in [1.807, 2.05) is 0 Å². The second-order valence-corrected chi connectivity index (χ2v) is 5.77. The summed E-state index contributed by atoms with van der Waals surface area (Å²) in [5.74, 6) is -0.916. The Morgan fingerprint density at radius 2 is 1.89 bits per heavy atom. The van der Waals surface area contributed by atoms with Crippen LogP contribution in [-0.4, -0.2) is 26.8 Å². The molecule has 0 bridgehead atoms. The van der Waals surface area contributed by atoms with E-state index in [0.29, 0.717) is 0 Å². The number of nitrogens with zero attached hydrogens (tertiary/aromatic N) is 3. The summed E-state index contributed by atoms with van der Waals surface area (Å²) in [7, 11) is 0. The van der Waals surface area contributed by atoms with Crippen molar-refractivity contribution in [1.29, 1.82) is 0 Å². The van der Waals surface area contributed by atoms with Crippen LogP contribution in [0.25, 0.3) is 5.69 Å². The average molecular weight is 394 g/mol. The monoisotopic (exact) mass is 394 g/mol. The maximum atomic E-state index is 13.1. The lowest BCUT2D eigenvalue weighted by Crippen LogP contribution is -2.30. The number of anilines is 1. The Morgan fingerprint density at radius 3 is 2.50 bits per heavy atom. The van der Waals surface area contributed by atoms with Crippen LogP contribution in [0, 0.1) is 5.82 Å². The molecule has 2 aromatic carbocycles. The fourth-order valence-electron chi connectivity index (χ4n) is 2.35. The minimum Gasteiger partial charge on any atom is -0.481 e. The Morgan fingerprint density at radius 1 is 1.18 bits per heavy atom. The van der Waals surface area contributed by atoms with Gasteiger partial charge < -0.3 is 10.1 Å². The zero-order valence-corrected chi connectivity index (χ0v) is 14.4. The number of rotatable bonds is 5. The highest BCUT2D eigenvalue weighted by Gasteiger charge is 2.31. The van der Waals surface area contributed by atoms with Gasteiger partial charge in [-0.25, -0.2) is 14.1 Å². The molecule has 1 heterocycles. The zero-order chi connectivity index (χ0) is 20.3. The average Bonchev–Trinajstić information content (AvgIpc) is 3.17. The summed E-state index contributed by atoms with van der Waals surface area (Å²) in [6.07, 6.45) is -3.14. The fourth-order valence-corrected chi connectivity index (χ4v) is 2.35. The highest BCUT2D eigenvalue weighted by atomic mass is 19.4. The molecule has 0 spiro atoms.